The average molecular weight is 293 g/mol. The van der Waals surface area contributed by atoms with Gasteiger partial charge in [-0.1, -0.05) is 30.3 Å². The highest BCUT2D eigenvalue weighted by molar-refractivity contribution is 5.68. The standard InChI is InChI=1S/C16H23NO4/c1-12(18)20-11-14(10-13-8-6-5-7-9-13)17-15(19)21-16(2,3)4/h5-9,14H,10-11H2,1-4H3,(H,17,19)/t14-/m0/s1. The SMILES string of the molecule is CC(=O)OC[C@H](Cc1ccccc1)NC(=O)OC(C)(C)C. The van der Waals surface area contributed by atoms with Crippen molar-refractivity contribution in [2.75, 3.05) is 6.61 Å². The smallest absolute Gasteiger partial charge is 0.408 e. The molecule has 1 aromatic carbocycles. The number of benzene rings is 1. The number of amides is 1. The summed E-state index contributed by atoms with van der Waals surface area (Å²) < 4.78 is 10.2. The monoisotopic (exact) mass is 293 g/mol. The van der Waals surface area contributed by atoms with Crippen LogP contribution in [-0.4, -0.2) is 30.3 Å². The lowest BCUT2D eigenvalue weighted by atomic mass is 10.1. The third kappa shape index (κ3) is 7.97. The first-order chi connectivity index (χ1) is 9.76. The van der Waals surface area contributed by atoms with Crippen LogP contribution in [0.2, 0.25) is 0 Å². The summed E-state index contributed by atoms with van der Waals surface area (Å²) in [6.07, 6.45) is 0.0449. The highest BCUT2D eigenvalue weighted by Gasteiger charge is 2.20. The Morgan fingerprint density at radius 1 is 1.19 bits per heavy atom. The van der Waals surface area contributed by atoms with Gasteiger partial charge in [0.1, 0.15) is 12.2 Å². The molecule has 5 heteroatoms. The second kappa shape index (κ2) is 7.67. The molecular formula is C16H23NO4. The molecule has 0 spiro atoms. The zero-order valence-electron chi connectivity index (χ0n) is 13.0. The summed E-state index contributed by atoms with van der Waals surface area (Å²) in [7, 11) is 0. The van der Waals surface area contributed by atoms with Crippen LogP contribution in [0.25, 0.3) is 0 Å². The van der Waals surface area contributed by atoms with Gasteiger partial charge in [-0.3, -0.25) is 4.79 Å². The lowest BCUT2D eigenvalue weighted by molar-refractivity contribution is -0.141. The summed E-state index contributed by atoms with van der Waals surface area (Å²) in [4.78, 5) is 22.8. The Morgan fingerprint density at radius 2 is 1.81 bits per heavy atom. The molecule has 5 nitrogen and oxygen atoms in total. The van der Waals surface area contributed by atoms with Crippen molar-refractivity contribution >= 4 is 12.1 Å². The number of hydrogen-bond acceptors (Lipinski definition) is 4. The minimum atomic E-state index is -0.567. The van der Waals surface area contributed by atoms with Crippen LogP contribution in [0, 0.1) is 0 Å². The van der Waals surface area contributed by atoms with Gasteiger partial charge >= 0.3 is 12.1 Å². The fraction of sp³-hybridized carbons (Fsp3) is 0.500. The summed E-state index contributed by atoms with van der Waals surface area (Å²) in [6.45, 7) is 6.84. The molecule has 0 aliphatic heterocycles. The Hall–Kier alpha value is -2.04. The van der Waals surface area contributed by atoms with Gasteiger partial charge in [0.2, 0.25) is 0 Å². The summed E-state index contributed by atoms with van der Waals surface area (Å²) in [5.41, 5.74) is 0.480. The molecule has 0 aliphatic carbocycles. The Labute approximate surface area is 125 Å². The van der Waals surface area contributed by atoms with Crippen molar-refractivity contribution in [3.8, 4) is 0 Å². The minimum Gasteiger partial charge on any atom is -0.464 e. The van der Waals surface area contributed by atoms with Gasteiger partial charge < -0.3 is 14.8 Å². The molecule has 0 saturated heterocycles. The highest BCUT2D eigenvalue weighted by atomic mass is 16.6. The molecule has 0 bridgehead atoms. The topological polar surface area (TPSA) is 64.6 Å². The van der Waals surface area contributed by atoms with E-state index in [0.717, 1.165) is 5.56 Å². The van der Waals surface area contributed by atoms with E-state index < -0.39 is 11.7 Å². The third-order valence-corrected chi connectivity index (χ3v) is 2.53. The highest BCUT2D eigenvalue weighted by Crippen LogP contribution is 2.08. The fourth-order valence-corrected chi connectivity index (χ4v) is 1.74. The van der Waals surface area contributed by atoms with E-state index in [2.05, 4.69) is 5.32 Å². The van der Waals surface area contributed by atoms with E-state index in [4.69, 9.17) is 9.47 Å². The second-order valence-corrected chi connectivity index (χ2v) is 5.84. The molecule has 0 heterocycles. The van der Waals surface area contributed by atoms with E-state index >= 15 is 0 Å². The number of carbonyl (C=O) groups is 2. The van der Waals surface area contributed by atoms with Crippen molar-refractivity contribution < 1.29 is 19.1 Å². The van der Waals surface area contributed by atoms with Crippen LogP contribution in [0.3, 0.4) is 0 Å². The average Bonchev–Trinajstić information content (AvgIpc) is 2.34. The Bertz CT molecular complexity index is 465. The van der Waals surface area contributed by atoms with E-state index in [1.54, 1.807) is 20.8 Å². The Morgan fingerprint density at radius 3 is 2.33 bits per heavy atom. The van der Waals surface area contributed by atoms with Crippen LogP contribution in [0.5, 0.6) is 0 Å². The van der Waals surface area contributed by atoms with Gasteiger partial charge in [0.05, 0.1) is 6.04 Å². The minimum absolute atomic E-state index is 0.115. The Balaban J connectivity index is 2.63. The largest absolute Gasteiger partial charge is 0.464 e. The maximum absolute atomic E-state index is 11.8. The molecule has 1 N–H and O–H groups in total. The molecule has 0 fully saturated rings. The number of hydrogen-bond donors (Lipinski definition) is 1. The van der Waals surface area contributed by atoms with Crippen LogP contribution in [-0.2, 0) is 20.7 Å². The number of ether oxygens (including phenoxy) is 2. The van der Waals surface area contributed by atoms with Crippen molar-refractivity contribution in [3.05, 3.63) is 35.9 Å². The first kappa shape index (κ1) is 17.0. The van der Waals surface area contributed by atoms with Gasteiger partial charge in [0.25, 0.3) is 0 Å². The predicted molar refractivity (Wildman–Crippen MR) is 79.9 cm³/mol. The summed E-state index contributed by atoms with van der Waals surface area (Å²) >= 11 is 0. The van der Waals surface area contributed by atoms with Crippen LogP contribution in [0.4, 0.5) is 4.79 Å². The molecule has 0 unspecified atom stereocenters. The number of carbonyl (C=O) groups excluding carboxylic acids is 2. The lowest BCUT2D eigenvalue weighted by Gasteiger charge is -2.23. The zero-order valence-corrected chi connectivity index (χ0v) is 13.0. The molecular weight excluding hydrogens is 270 g/mol. The van der Waals surface area contributed by atoms with Gasteiger partial charge in [-0.25, -0.2) is 4.79 Å². The first-order valence-electron chi connectivity index (χ1n) is 6.93. The molecule has 1 aromatic rings. The lowest BCUT2D eigenvalue weighted by Crippen LogP contribution is -2.43. The maximum atomic E-state index is 11.8. The van der Waals surface area contributed by atoms with Crippen molar-refractivity contribution in [2.24, 2.45) is 0 Å². The van der Waals surface area contributed by atoms with Gasteiger partial charge in [0.15, 0.2) is 0 Å². The number of alkyl carbamates (subject to hydrolysis) is 1. The van der Waals surface area contributed by atoms with Gasteiger partial charge in [-0.05, 0) is 32.8 Å². The molecule has 0 aromatic heterocycles. The van der Waals surface area contributed by atoms with Crippen molar-refractivity contribution in [1.29, 1.82) is 0 Å². The normalized spacial score (nSPS) is 12.4. The number of nitrogens with one attached hydrogen (secondary N) is 1. The number of rotatable bonds is 5. The zero-order chi connectivity index (χ0) is 15.9. The van der Waals surface area contributed by atoms with Crippen molar-refractivity contribution in [2.45, 2.75) is 45.8 Å². The van der Waals surface area contributed by atoms with Crippen LogP contribution >= 0.6 is 0 Å². The summed E-state index contributed by atoms with van der Waals surface area (Å²) in [5, 5.41) is 2.74. The van der Waals surface area contributed by atoms with Crippen LogP contribution < -0.4 is 5.32 Å². The van der Waals surface area contributed by atoms with E-state index in [1.165, 1.54) is 6.92 Å². The third-order valence-electron chi connectivity index (χ3n) is 2.53. The molecule has 21 heavy (non-hydrogen) atoms. The molecule has 1 atom stereocenters. The molecule has 1 rings (SSSR count). The van der Waals surface area contributed by atoms with Gasteiger partial charge in [-0.15, -0.1) is 0 Å². The predicted octanol–water partition coefficient (Wildman–Crippen LogP) is 2.69. The van der Waals surface area contributed by atoms with Crippen molar-refractivity contribution in [1.82, 2.24) is 5.32 Å². The molecule has 1 amide bonds. The maximum Gasteiger partial charge on any atom is 0.408 e. The van der Waals surface area contributed by atoms with E-state index in [1.807, 2.05) is 30.3 Å². The van der Waals surface area contributed by atoms with Crippen LogP contribution in [0.15, 0.2) is 30.3 Å². The first-order valence-corrected chi connectivity index (χ1v) is 6.93. The number of esters is 1. The second-order valence-electron chi connectivity index (χ2n) is 5.84. The van der Waals surface area contributed by atoms with E-state index in [-0.39, 0.29) is 18.6 Å². The molecule has 116 valence electrons. The molecule has 0 radical (unpaired) electrons. The van der Waals surface area contributed by atoms with E-state index in [9.17, 15) is 9.59 Å². The van der Waals surface area contributed by atoms with Gasteiger partial charge in [0, 0.05) is 6.92 Å². The quantitative estimate of drug-likeness (QED) is 0.848. The van der Waals surface area contributed by atoms with E-state index in [0.29, 0.717) is 6.42 Å². The summed E-state index contributed by atoms with van der Waals surface area (Å²) in [5.74, 6) is -0.376. The Kier molecular flexibility index (Phi) is 6.21. The van der Waals surface area contributed by atoms with Crippen LogP contribution in [0.1, 0.15) is 33.3 Å². The molecule has 0 saturated carbocycles. The van der Waals surface area contributed by atoms with Gasteiger partial charge in [-0.2, -0.15) is 0 Å². The van der Waals surface area contributed by atoms with Crippen molar-refractivity contribution in [3.63, 3.8) is 0 Å². The molecule has 0 aliphatic rings. The fourth-order valence-electron chi connectivity index (χ4n) is 1.74. The summed E-state index contributed by atoms with van der Waals surface area (Å²) in [6, 6.07) is 9.35.